The van der Waals surface area contributed by atoms with Gasteiger partial charge < -0.3 is 9.47 Å². The Balaban J connectivity index is 1.21. The van der Waals surface area contributed by atoms with E-state index in [1.54, 1.807) is 0 Å². The van der Waals surface area contributed by atoms with Gasteiger partial charge in [0.1, 0.15) is 0 Å². The highest BCUT2D eigenvalue weighted by Gasteiger charge is 2.29. The lowest BCUT2D eigenvalue weighted by atomic mass is 9.96. The molecule has 11 aromatic rings. The lowest BCUT2D eigenvalue weighted by Crippen LogP contribution is -2.16. The highest BCUT2D eigenvalue weighted by molar-refractivity contribution is 6.26. The van der Waals surface area contributed by atoms with Crippen LogP contribution in [0.25, 0.3) is 88.2 Å². The number of para-hydroxylation sites is 4. The normalized spacial score (nSPS) is 12.5. The van der Waals surface area contributed by atoms with Gasteiger partial charge in [0.2, 0.25) is 5.95 Å². The fraction of sp³-hybridized carbons (Fsp3) is 0. The van der Waals surface area contributed by atoms with E-state index in [-0.39, 0.29) is 0 Å². The van der Waals surface area contributed by atoms with E-state index in [0.29, 0.717) is 5.95 Å². The van der Waals surface area contributed by atoms with Gasteiger partial charge in [0, 0.05) is 38.2 Å². The van der Waals surface area contributed by atoms with Crippen LogP contribution < -0.4 is 4.90 Å². The summed E-state index contributed by atoms with van der Waals surface area (Å²) in [6.07, 6.45) is 0. The van der Waals surface area contributed by atoms with Crippen molar-refractivity contribution in [3.05, 3.63) is 176 Å². The Morgan fingerprint density at radius 3 is 1.92 bits per heavy atom. The SMILES string of the molecule is c1ccc(N2c3ccccc3-c3nc(-n4c5ccccc5c5c4ccc4c6ccccc6n(-c6cccc7ccccc67)c45)nc4cccc2c34)cc1. The minimum atomic E-state index is 0.658. The molecule has 1 aliphatic rings. The predicted molar refractivity (Wildman–Crippen MR) is 219 cm³/mol. The molecule has 0 amide bonds. The molecule has 0 bridgehead atoms. The fourth-order valence-electron chi connectivity index (χ4n) is 8.87. The number of anilines is 3. The fourth-order valence-corrected chi connectivity index (χ4v) is 8.87. The zero-order valence-corrected chi connectivity index (χ0v) is 28.5. The van der Waals surface area contributed by atoms with E-state index in [2.05, 4.69) is 190 Å². The van der Waals surface area contributed by atoms with E-state index in [4.69, 9.17) is 9.97 Å². The quantitative estimate of drug-likeness (QED) is 0.187. The summed E-state index contributed by atoms with van der Waals surface area (Å²) in [4.78, 5) is 13.2. The second kappa shape index (κ2) is 10.6. The Kier molecular flexibility index (Phi) is 5.71. The van der Waals surface area contributed by atoms with E-state index in [0.717, 1.165) is 55.9 Å². The standard InChI is InChI=1S/C48H29N5/c1-2-16-31(17-3-1)51-41-25-11-8-21-36(41)46-45-37(22-13-27-42(45)51)49-48(50-46)53-40-24-10-7-20-35(40)44-43(53)29-28-34-33-19-6-9-23-39(33)52(47(34)44)38-26-12-15-30-14-4-5-18-32(30)38/h1-29H. The van der Waals surface area contributed by atoms with Gasteiger partial charge in [0.25, 0.3) is 0 Å². The van der Waals surface area contributed by atoms with Crippen LogP contribution in [-0.2, 0) is 0 Å². The van der Waals surface area contributed by atoms with Crippen LogP contribution in [0.5, 0.6) is 0 Å². The van der Waals surface area contributed by atoms with E-state index >= 15 is 0 Å². The van der Waals surface area contributed by atoms with Gasteiger partial charge in [-0.3, -0.25) is 4.57 Å². The molecular weight excluding hydrogens is 647 g/mol. The summed E-state index contributed by atoms with van der Waals surface area (Å²) < 4.78 is 4.74. The third-order valence-electron chi connectivity index (χ3n) is 11.0. The molecule has 5 heteroatoms. The van der Waals surface area contributed by atoms with Crippen molar-refractivity contribution in [1.29, 1.82) is 0 Å². The lowest BCUT2D eigenvalue weighted by Gasteiger charge is -2.32. The minimum absolute atomic E-state index is 0.658. The Morgan fingerprint density at radius 1 is 0.377 bits per heavy atom. The van der Waals surface area contributed by atoms with Crippen molar-refractivity contribution in [2.75, 3.05) is 4.90 Å². The van der Waals surface area contributed by atoms with Crippen molar-refractivity contribution in [3.63, 3.8) is 0 Å². The first-order valence-electron chi connectivity index (χ1n) is 18.0. The average Bonchev–Trinajstić information content (AvgIpc) is 3.74. The van der Waals surface area contributed by atoms with Crippen LogP contribution >= 0.6 is 0 Å². The molecule has 5 nitrogen and oxygen atoms in total. The van der Waals surface area contributed by atoms with Gasteiger partial charge in [-0.15, -0.1) is 0 Å². The zero-order valence-electron chi connectivity index (χ0n) is 28.5. The minimum Gasteiger partial charge on any atom is -0.309 e. The maximum atomic E-state index is 5.51. The molecule has 1 aliphatic heterocycles. The molecule has 0 fully saturated rings. The Bertz CT molecular complexity index is 3290. The van der Waals surface area contributed by atoms with Crippen molar-refractivity contribution >= 4 is 82.3 Å². The van der Waals surface area contributed by atoms with Crippen molar-refractivity contribution in [2.24, 2.45) is 0 Å². The van der Waals surface area contributed by atoms with Crippen molar-refractivity contribution < 1.29 is 0 Å². The second-order valence-corrected chi connectivity index (χ2v) is 13.8. The van der Waals surface area contributed by atoms with Crippen molar-refractivity contribution in [2.45, 2.75) is 0 Å². The monoisotopic (exact) mass is 675 g/mol. The highest BCUT2D eigenvalue weighted by Crippen LogP contribution is 2.50. The van der Waals surface area contributed by atoms with E-state index in [1.807, 2.05) is 0 Å². The van der Waals surface area contributed by atoms with Crippen LogP contribution in [0.2, 0.25) is 0 Å². The van der Waals surface area contributed by atoms with Gasteiger partial charge in [0.05, 0.1) is 55.7 Å². The highest BCUT2D eigenvalue weighted by atomic mass is 15.2. The number of benzene rings is 8. The number of fused-ring (bicyclic) bond motifs is 10. The molecular formula is C48H29N5. The first-order valence-corrected chi connectivity index (χ1v) is 18.0. The summed E-state index contributed by atoms with van der Waals surface area (Å²) in [6, 6.07) is 62.9. The van der Waals surface area contributed by atoms with Crippen LogP contribution in [0.4, 0.5) is 17.1 Å². The molecule has 0 atom stereocenters. The van der Waals surface area contributed by atoms with Crippen molar-refractivity contribution in [1.82, 2.24) is 19.1 Å². The molecule has 0 N–H and O–H groups in total. The van der Waals surface area contributed by atoms with Crippen LogP contribution in [0.15, 0.2) is 176 Å². The number of aromatic nitrogens is 4. The average molecular weight is 676 g/mol. The molecule has 0 unspecified atom stereocenters. The topological polar surface area (TPSA) is 38.9 Å². The smallest absolute Gasteiger partial charge is 0.235 e. The number of nitrogens with zero attached hydrogens (tertiary/aromatic N) is 5. The predicted octanol–water partition coefficient (Wildman–Crippen LogP) is 12.4. The van der Waals surface area contributed by atoms with Gasteiger partial charge in [-0.05, 0) is 60.0 Å². The summed E-state index contributed by atoms with van der Waals surface area (Å²) in [5, 5.41) is 8.29. The number of hydrogen-bond donors (Lipinski definition) is 0. The van der Waals surface area contributed by atoms with E-state index < -0.39 is 0 Å². The maximum Gasteiger partial charge on any atom is 0.235 e. The Morgan fingerprint density at radius 2 is 1.04 bits per heavy atom. The first kappa shape index (κ1) is 28.5. The van der Waals surface area contributed by atoms with Crippen molar-refractivity contribution in [3.8, 4) is 22.9 Å². The molecule has 0 spiro atoms. The molecule has 246 valence electrons. The number of rotatable bonds is 3. The van der Waals surface area contributed by atoms with Crippen LogP contribution in [0, 0.1) is 0 Å². The summed E-state index contributed by atoms with van der Waals surface area (Å²) in [6.45, 7) is 0. The molecule has 53 heavy (non-hydrogen) atoms. The summed E-state index contributed by atoms with van der Waals surface area (Å²) in [5.74, 6) is 0.658. The largest absolute Gasteiger partial charge is 0.309 e. The lowest BCUT2D eigenvalue weighted by molar-refractivity contribution is 1.01. The molecule has 4 heterocycles. The molecule has 3 aromatic heterocycles. The molecule has 8 aromatic carbocycles. The molecule has 0 aliphatic carbocycles. The van der Waals surface area contributed by atoms with Gasteiger partial charge in [-0.1, -0.05) is 121 Å². The first-order chi connectivity index (χ1) is 26.3. The van der Waals surface area contributed by atoms with Gasteiger partial charge in [-0.2, -0.15) is 0 Å². The maximum absolute atomic E-state index is 5.51. The molecule has 0 radical (unpaired) electrons. The zero-order chi connectivity index (χ0) is 34.6. The van der Waals surface area contributed by atoms with Crippen LogP contribution in [0.1, 0.15) is 0 Å². The van der Waals surface area contributed by atoms with E-state index in [9.17, 15) is 0 Å². The Hall–Kier alpha value is -7.24. The summed E-state index contributed by atoms with van der Waals surface area (Å²) in [5.41, 5.74) is 11.9. The second-order valence-electron chi connectivity index (χ2n) is 13.8. The van der Waals surface area contributed by atoms with Gasteiger partial charge >= 0.3 is 0 Å². The third-order valence-corrected chi connectivity index (χ3v) is 11.0. The van der Waals surface area contributed by atoms with Gasteiger partial charge in [-0.25, -0.2) is 9.97 Å². The van der Waals surface area contributed by atoms with E-state index in [1.165, 1.54) is 43.4 Å². The van der Waals surface area contributed by atoms with Crippen LogP contribution in [0.3, 0.4) is 0 Å². The molecule has 12 rings (SSSR count). The number of hydrogen-bond acceptors (Lipinski definition) is 3. The molecule has 0 saturated heterocycles. The van der Waals surface area contributed by atoms with Gasteiger partial charge in [0.15, 0.2) is 0 Å². The third kappa shape index (κ3) is 3.85. The van der Waals surface area contributed by atoms with Crippen LogP contribution in [-0.4, -0.2) is 19.1 Å². The summed E-state index contributed by atoms with van der Waals surface area (Å²) >= 11 is 0. The summed E-state index contributed by atoms with van der Waals surface area (Å²) in [7, 11) is 0. The molecule has 0 saturated carbocycles. The Labute approximate surface area is 304 Å².